The third-order valence-corrected chi connectivity index (χ3v) is 1.78. The quantitative estimate of drug-likeness (QED) is 0.375. The molecule has 0 atom stereocenters. The number of hydrogen-bond donors (Lipinski definition) is 1. The molecule has 1 rings (SSSR count). The van der Waals surface area contributed by atoms with Gasteiger partial charge >= 0.3 is 5.97 Å². The van der Waals surface area contributed by atoms with Crippen molar-refractivity contribution in [2.75, 3.05) is 0 Å². The highest BCUT2D eigenvalue weighted by Gasteiger charge is 2.20. The van der Waals surface area contributed by atoms with E-state index in [1.807, 2.05) is 0 Å². The Morgan fingerprint density at radius 3 is 2.57 bits per heavy atom. The van der Waals surface area contributed by atoms with Crippen LogP contribution in [0.1, 0.15) is 13.3 Å². The van der Waals surface area contributed by atoms with E-state index in [9.17, 15) is 14.4 Å². The molecule has 0 radical (unpaired) electrons. The summed E-state index contributed by atoms with van der Waals surface area (Å²) in [7, 11) is 0. The van der Waals surface area contributed by atoms with Crippen molar-refractivity contribution in [2.24, 2.45) is 5.90 Å². The maximum atomic E-state index is 11.0. The molecule has 0 bridgehead atoms. The second kappa shape index (κ2) is 3.97. The van der Waals surface area contributed by atoms with Crippen LogP contribution in [0.2, 0.25) is 0 Å². The lowest BCUT2D eigenvalue weighted by Crippen LogP contribution is -2.18. The van der Waals surface area contributed by atoms with E-state index in [1.165, 1.54) is 13.0 Å². The van der Waals surface area contributed by atoms with Gasteiger partial charge in [-0.2, -0.15) is 5.90 Å². The molecule has 14 heavy (non-hydrogen) atoms. The lowest BCUT2D eigenvalue weighted by Gasteiger charge is -2.07. The molecule has 0 aromatic rings. The fraction of sp³-hybridized carbons (Fsp3) is 0.222. The summed E-state index contributed by atoms with van der Waals surface area (Å²) in [5.41, 5.74) is 0.750. The monoisotopic (exact) mass is 195 g/mol. The van der Waals surface area contributed by atoms with Gasteiger partial charge in [0.2, 0.25) is 11.6 Å². The molecule has 1 aliphatic carbocycles. The summed E-state index contributed by atoms with van der Waals surface area (Å²) in [4.78, 5) is 36.8. The number of ketones is 2. The van der Waals surface area contributed by atoms with Crippen molar-refractivity contribution < 1.29 is 19.2 Å². The summed E-state index contributed by atoms with van der Waals surface area (Å²) in [5, 5.41) is 0. The van der Waals surface area contributed by atoms with Crippen LogP contribution < -0.4 is 5.90 Å². The third kappa shape index (κ3) is 2.14. The Balaban J connectivity index is 2.83. The lowest BCUT2D eigenvalue weighted by molar-refractivity contribution is -0.143. The van der Waals surface area contributed by atoms with Gasteiger partial charge in [-0.3, -0.25) is 14.4 Å². The predicted molar refractivity (Wildman–Crippen MR) is 46.8 cm³/mol. The van der Waals surface area contributed by atoms with E-state index in [0.29, 0.717) is 11.1 Å². The molecular weight excluding hydrogens is 186 g/mol. The Hall–Kier alpha value is -1.75. The Morgan fingerprint density at radius 2 is 2.07 bits per heavy atom. The van der Waals surface area contributed by atoms with Crippen LogP contribution in [0.4, 0.5) is 0 Å². The van der Waals surface area contributed by atoms with Gasteiger partial charge in [0.15, 0.2) is 0 Å². The van der Waals surface area contributed by atoms with Crippen molar-refractivity contribution in [1.82, 2.24) is 0 Å². The average molecular weight is 195 g/mol. The Kier molecular flexibility index (Phi) is 2.93. The van der Waals surface area contributed by atoms with Crippen molar-refractivity contribution >= 4 is 17.5 Å². The smallest absolute Gasteiger partial charge is 0.328 e. The number of Topliss-reactive ketones (excluding diaryl/α,β-unsaturated/α-hetero) is 1. The molecule has 0 aliphatic heterocycles. The van der Waals surface area contributed by atoms with Crippen LogP contribution in [0.15, 0.2) is 23.3 Å². The summed E-state index contributed by atoms with van der Waals surface area (Å²) in [6, 6.07) is 0. The van der Waals surface area contributed by atoms with Gasteiger partial charge in [-0.05, 0) is 18.6 Å². The summed E-state index contributed by atoms with van der Waals surface area (Å²) in [6.07, 6.45) is 2.49. The van der Waals surface area contributed by atoms with Gasteiger partial charge in [-0.15, -0.1) is 0 Å². The molecule has 0 saturated carbocycles. The molecule has 1 aliphatic rings. The molecule has 0 fully saturated rings. The van der Waals surface area contributed by atoms with Crippen LogP contribution in [0, 0.1) is 0 Å². The maximum absolute atomic E-state index is 11.0. The maximum Gasteiger partial charge on any atom is 0.328 e. The molecule has 0 saturated heterocycles. The van der Waals surface area contributed by atoms with E-state index in [-0.39, 0.29) is 6.42 Å². The van der Waals surface area contributed by atoms with Gasteiger partial charge in [-0.25, -0.2) is 0 Å². The third-order valence-electron chi connectivity index (χ3n) is 1.78. The first-order valence-corrected chi connectivity index (χ1v) is 3.91. The number of nitrogens with two attached hydrogens (primary N) is 1. The van der Waals surface area contributed by atoms with Gasteiger partial charge in [0, 0.05) is 5.57 Å². The van der Waals surface area contributed by atoms with Crippen LogP contribution in [0.25, 0.3) is 0 Å². The minimum absolute atomic E-state index is 0.104. The van der Waals surface area contributed by atoms with E-state index in [2.05, 4.69) is 10.7 Å². The van der Waals surface area contributed by atoms with Crippen molar-refractivity contribution in [2.45, 2.75) is 13.3 Å². The molecule has 2 N–H and O–H groups in total. The van der Waals surface area contributed by atoms with E-state index in [0.717, 1.165) is 6.08 Å². The van der Waals surface area contributed by atoms with Gasteiger partial charge in [-0.1, -0.05) is 6.08 Å². The van der Waals surface area contributed by atoms with E-state index in [4.69, 9.17) is 0 Å². The van der Waals surface area contributed by atoms with E-state index in [1.54, 1.807) is 0 Å². The second-order valence-corrected chi connectivity index (χ2v) is 2.91. The molecule has 0 heterocycles. The van der Waals surface area contributed by atoms with E-state index < -0.39 is 17.5 Å². The second-order valence-electron chi connectivity index (χ2n) is 2.91. The molecular formula is C9H9NO4. The zero-order valence-electron chi connectivity index (χ0n) is 7.57. The minimum Gasteiger partial charge on any atom is -0.373 e. The Labute approximate surface area is 80.2 Å². The first-order valence-electron chi connectivity index (χ1n) is 3.91. The summed E-state index contributed by atoms with van der Waals surface area (Å²) in [6.45, 7) is 1.51. The van der Waals surface area contributed by atoms with Crippen molar-refractivity contribution in [3.05, 3.63) is 23.3 Å². The number of allylic oxidation sites excluding steroid dienone is 3. The molecule has 0 amide bonds. The standard InChI is InChI=1S/C9H9NO4/c1-5-2-6(4-8(12)14-10)3-7(11)9(5)13/h2-3H,4,10H2,1H3. The van der Waals surface area contributed by atoms with Crippen LogP contribution in [-0.4, -0.2) is 17.5 Å². The SMILES string of the molecule is CC1=CC(CC(=O)ON)=CC(=O)C1=O. The molecule has 0 aromatic carbocycles. The summed E-state index contributed by atoms with van der Waals surface area (Å²) >= 11 is 0. The largest absolute Gasteiger partial charge is 0.373 e. The Morgan fingerprint density at radius 1 is 1.43 bits per heavy atom. The number of rotatable bonds is 2. The topological polar surface area (TPSA) is 86.5 Å². The number of hydrogen-bond acceptors (Lipinski definition) is 5. The van der Waals surface area contributed by atoms with Gasteiger partial charge in [0.05, 0.1) is 6.42 Å². The minimum atomic E-state index is -0.651. The van der Waals surface area contributed by atoms with Crippen LogP contribution in [-0.2, 0) is 19.2 Å². The molecule has 0 aromatic heterocycles. The molecule has 0 unspecified atom stereocenters. The van der Waals surface area contributed by atoms with Crippen LogP contribution in [0.3, 0.4) is 0 Å². The highest BCUT2D eigenvalue weighted by Crippen LogP contribution is 2.14. The van der Waals surface area contributed by atoms with Crippen molar-refractivity contribution in [1.29, 1.82) is 0 Å². The first kappa shape index (κ1) is 10.3. The van der Waals surface area contributed by atoms with Gasteiger partial charge < -0.3 is 4.84 Å². The van der Waals surface area contributed by atoms with Gasteiger partial charge in [0.25, 0.3) is 0 Å². The number of carbonyl (C=O) groups excluding carboxylic acids is 3. The number of carbonyl (C=O) groups is 3. The fourth-order valence-electron chi connectivity index (χ4n) is 1.12. The fourth-order valence-corrected chi connectivity index (χ4v) is 1.12. The normalized spacial score (nSPS) is 16.1. The molecule has 5 heteroatoms. The lowest BCUT2D eigenvalue weighted by atomic mass is 9.97. The van der Waals surface area contributed by atoms with Crippen LogP contribution >= 0.6 is 0 Å². The summed E-state index contributed by atoms with van der Waals surface area (Å²) in [5.74, 6) is 2.82. The highest BCUT2D eigenvalue weighted by molar-refractivity contribution is 6.48. The predicted octanol–water partition coefficient (Wildman–Crippen LogP) is -0.182. The zero-order chi connectivity index (χ0) is 10.7. The Bertz CT molecular complexity index is 365. The highest BCUT2D eigenvalue weighted by atomic mass is 16.7. The molecule has 5 nitrogen and oxygen atoms in total. The first-order chi connectivity index (χ1) is 6.54. The van der Waals surface area contributed by atoms with Crippen LogP contribution in [0.5, 0.6) is 0 Å². The average Bonchev–Trinajstić information content (AvgIpc) is 2.14. The van der Waals surface area contributed by atoms with E-state index >= 15 is 0 Å². The van der Waals surface area contributed by atoms with Crippen molar-refractivity contribution in [3.8, 4) is 0 Å². The van der Waals surface area contributed by atoms with Crippen molar-refractivity contribution in [3.63, 3.8) is 0 Å². The van der Waals surface area contributed by atoms with Gasteiger partial charge in [0.1, 0.15) is 0 Å². The summed E-state index contributed by atoms with van der Waals surface area (Å²) < 4.78 is 0. The molecule has 0 spiro atoms. The zero-order valence-corrected chi connectivity index (χ0v) is 7.57. The molecule has 74 valence electrons.